The summed E-state index contributed by atoms with van der Waals surface area (Å²) in [6, 6.07) is 31.4. The van der Waals surface area contributed by atoms with Crippen molar-refractivity contribution in [1.29, 1.82) is 0 Å². The molecule has 624 valence electrons. The van der Waals surface area contributed by atoms with Crippen LogP contribution in [0.4, 0.5) is 24.5 Å². The first-order chi connectivity index (χ1) is 54.7. The van der Waals surface area contributed by atoms with Crippen LogP contribution in [0.1, 0.15) is 132 Å². The number of thioether (sulfide) groups is 1. The second-order valence-electron chi connectivity index (χ2n) is 32.5. The zero-order valence-electron chi connectivity index (χ0n) is 66.8. The molecular formula is C84H110ClF3N12O11S4. The number of benzene rings is 5. The third-order valence-corrected chi connectivity index (χ3v) is 27.8. The zero-order valence-corrected chi connectivity index (χ0v) is 70.8. The molecule has 115 heavy (non-hydrogen) atoms. The number of piperazine rings is 2. The summed E-state index contributed by atoms with van der Waals surface area (Å²) in [5.41, 5.74) is 2.45. The van der Waals surface area contributed by atoms with E-state index in [-0.39, 0.29) is 54.1 Å². The minimum Gasteiger partial charge on any atom is -0.391 e. The van der Waals surface area contributed by atoms with Crippen molar-refractivity contribution in [2.75, 3.05) is 141 Å². The van der Waals surface area contributed by atoms with E-state index in [0.717, 1.165) is 122 Å². The quantitative estimate of drug-likeness (QED) is 0.0189. The number of hydrogen-bond acceptors (Lipinski definition) is 20. The molecule has 0 bridgehead atoms. The number of anilines is 2. The van der Waals surface area contributed by atoms with Gasteiger partial charge in [0.15, 0.2) is 0 Å². The molecule has 1 unspecified atom stereocenters. The summed E-state index contributed by atoms with van der Waals surface area (Å²) in [7, 11) is -8.83. The highest BCUT2D eigenvalue weighted by molar-refractivity contribution is 7.99. The van der Waals surface area contributed by atoms with Gasteiger partial charge in [0.2, 0.25) is 23.6 Å². The number of unbranched alkanes of at least 4 members (excludes halogenated alkanes) is 2. The van der Waals surface area contributed by atoms with Crippen molar-refractivity contribution < 1.29 is 63.8 Å². The van der Waals surface area contributed by atoms with E-state index in [1.54, 1.807) is 23.5 Å². The van der Waals surface area contributed by atoms with Gasteiger partial charge in [-0.25, -0.2) is 26.5 Å². The minimum atomic E-state index is -6.11. The predicted octanol–water partition coefficient (Wildman–Crippen LogP) is 11.6. The maximum Gasteiger partial charge on any atom is 0.501 e. The molecule has 4 fully saturated rings. The van der Waals surface area contributed by atoms with Crippen molar-refractivity contribution in [3.8, 4) is 10.4 Å². The number of likely N-dealkylation sites (tertiary alicyclic amines) is 1. The number of rotatable bonds is 33. The number of β-amino-alcohol motifs (C(OH)–C–C–N with tert-alkyl or cyclic N) is 1. The number of amides is 5. The van der Waals surface area contributed by atoms with Gasteiger partial charge in [0, 0.05) is 157 Å². The van der Waals surface area contributed by atoms with E-state index in [1.807, 2.05) is 116 Å². The number of carbonyl (C=O) groups excluding carboxylic acids is 5. The number of aryl methyl sites for hydroxylation is 1. The minimum absolute atomic E-state index is 0.00668. The fourth-order valence-electron chi connectivity index (χ4n) is 15.9. The second-order valence-corrected chi connectivity index (χ2v) is 38.5. The Morgan fingerprint density at radius 1 is 0.791 bits per heavy atom. The summed E-state index contributed by atoms with van der Waals surface area (Å²) in [5.74, 6) is -1.68. The summed E-state index contributed by atoms with van der Waals surface area (Å²) >= 11 is 9.41. The number of alkyl halides is 3. The topological polar surface area (TPSA) is 267 Å². The van der Waals surface area contributed by atoms with Gasteiger partial charge >= 0.3 is 5.51 Å². The molecule has 5 aromatic carbocycles. The first kappa shape index (κ1) is 88.3. The molecule has 4 aliphatic heterocycles. The average Bonchev–Trinajstić information content (AvgIpc) is 0.962. The zero-order chi connectivity index (χ0) is 82.4. The number of hydrogen-bond donors (Lipinski definition) is 5. The highest BCUT2D eigenvalue weighted by Gasteiger charge is 2.49. The van der Waals surface area contributed by atoms with Crippen molar-refractivity contribution in [3.05, 3.63) is 160 Å². The third kappa shape index (κ3) is 23.9. The summed E-state index contributed by atoms with van der Waals surface area (Å²) < 4.78 is 105. The van der Waals surface area contributed by atoms with Crippen molar-refractivity contribution in [2.45, 2.75) is 156 Å². The van der Waals surface area contributed by atoms with Crippen LogP contribution in [0.5, 0.6) is 0 Å². The lowest BCUT2D eigenvalue weighted by molar-refractivity contribution is -0.144. The molecular weight excluding hydrogens is 1570 g/mol. The normalized spacial score (nSPS) is 20.0. The van der Waals surface area contributed by atoms with E-state index in [4.69, 9.17) is 16.3 Å². The Hall–Kier alpha value is -7.49. The van der Waals surface area contributed by atoms with Crippen LogP contribution in [0, 0.1) is 17.8 Å². The molecule has 6 aromatic rings. The first-order valence-corrected chi connectivity index (χ1v) is 45.0. The summed E-state index contributed by atoms with van der Waals surface area (Å²) in [6.45, 7) is 23.8. The number of nitrogens with one attached hydrogen (secondary N) is 4. The van der Waals surface area contributed by atoms with Crippen LogP contribution >= 0.6 is 34.7 Å². The van der Waals surface area contributed by atoms with Crippen LogP contribution in [0.25, 0.3) is 16.0 Å². The molecule has 23 nitrogen and oxygen atoms in total. The maximum atomic E-state index is 14.4. The average molecular weight is 1680 g/mol. The molecule has 31 heteroatoms. The number of ether oxygens (including phenoxy) is 1. The van der Waals surface area contributed by atoms with Crippen LogP contribution < -0.4 is 25.6 Å². The molecule has 5 amide bonds. The highest BCUT2D eigenvalue weighted by Crippen LogP contribution is 2.45. The SMILES string of the molecule is Cc1ncsc1-c1ccc([C@H](C)NC(=O)[C@@H]2C[C@@H](O)CN2C(=O)[C@@H](NC(=O)CCCCCC(=O)N2CCN(CCN(C)CC3(C)CCC(c4ccc(Cl)cc4)=C(CN4CCN(c5ccc(C(=O)NS(=O)(=O)c6ccc(N[C@H](CCN7CCOCC7)CSc7ccccc7)c(S(=O)(=O)C(F)(F)F)c6)cc5)CC4)C3)CC2)C(C)(C)C)cc1. The maximum absolute atomic E-state index is 14.4. The van der Waals surface area contributed by atoms with Crippen LogP contribution in [-0.4, -0.2) is 246 Å². The number of aliphatic hydroxyl groups excluding tert-OH is 1. The van der Waals surface area contributed by atoms with Gasteiger partial charge in [0.05, 0.1) is 52.0 Å². The number of thiazole rings is 1. The Morgan fingerprint density at radius 3 is 2.11 bits per heavy atom. The molecule has 5 heterocycles. The van der Waals surface area contributed by atoms with Gasteiger partial charge in [-0.05, 0) is 159 Å². The van der Waals surface area contributed by atoms with Gasteiger partial charge in [0.1, 0.15) is 17.0 Å². The highest BCUT2D eigenvalue weighted by atomic mass is 35.5. The molecule has 0 saturated carbocycles. The van der Waals surface area contributed by atoms with Gasteiger partial charge in [-0.3, -0.25) is 38.7 Å². The summed E-state index contributed by atoms with van der Waals surface area (Å²) in [5, 5.41) is 20.5. The Morgan fingerprint density at radius 2 is 1.45 bits per heavy atom. The fraction of sp³-hybridized carbons (Fsp3) is 0.524. The van der Waals surface area contributed by atoms with Crippen LogP contribution in [0.2, 0.25) is 5.02 Å². The number of aromatic nitrogens is 1. The number of morpholine rings is 1. The third-order valence-electron chi connectivity index (χ3n) is 22.6. The summed E-state index contributed by atoms with van der Waals surface area (Å²) in [4.78, 5) is 88.0. The monoisotopic (exact) mass is 1680 g/mol. The second kappa shape index (κ2) is 39.4. The van der Waals surface area contributed by atoms with E-state index in [2.05, 4.69) is 71.5 Å². The Bertz CT molecular complexity index is 4580. The van der Waals surface area contributed by atoms with Crippen LogP contribution in [-0.2, 0) is 43.8 Å². The van der Waals surface area contributed by atoms with Crippen LogP contribution in [0.15, 0.2) is 147 Å². The van der Waals surface area contributed by atoms with Gasteiger partial charge < -0.3 is 45.4 Å². The van der Waals surface area contributed by atoms with Gasteiger partial charge in [-0.1, -0.05) is 106 Å². The van der Waals surface area contributed by atoms with Crippen molar-refractivity contribution in [2.24, 2.45) is 10.8 Å². The number of aliphatic hydroxyl groups is 1. The van der Waals surface area contributed by atoms with E-state index < -0.39 is 82.3 Å². The number of carbonyl (C=O) groups is 5. The molecule has 1 aromatic heterocycles. The number of nitrogens with zero attached hydrogens (tertiary/aromatic N) is 8. The number of allylic oxidation sites excluding steroid dienone is 1. The first-order valence-electron chi connectivity index (χ1n) is 39.8. The van der Waals surface area contributed by atoms with Crippen LogP contribution in [0.3, 0.4) is 0 Å². The molecule has 6 atom stereocenters. The van der Waals surface area contributed by atoms with Crippen molar-refractivity contribution in [3.63, 3.8) is 0 Å². The molecule has 5 N–H and O–H groups in total. The molecule has 1 aliphatic carbocycles. The van der Waals surface area contributed by atoms with Gasteiger partial charge in [0.25, 0.3) is 25.8 Å². The number of likely N-dealkylation sites (N-methyl/N-ethyl adjacent to an activating group) is 1. The lowest BCUT2D eigenvalue weighted by Crippen LogP contribution is -2.57. The Kier molecular flexibility index (Phi) is 30.2. The van der Waals surface area contributed by atoms with E-state index in [1.165, 1.54) is 39.9 Å². The molecule has 0 radical (unpaired) electrons. The van der Waals surface area contributed by atoms with E-state index in [9.17, 15) is 59.1 Å². The molecule has 4 saturated heterocycles. The van der Waals surface area contributed by atoms with Crippen molar-refractivity contribution >= 4 is 101 Å². The number of sulfone groups is 1. The van der Waals surface area contributed by atoms with Crippen molar-refractivity contribution in [1.82, 2.24) is 49.7 Å². The summed E-state index contributed by atoms with van der Waals surface area (Å²) in [6.07, 6.45) is 4.82. The lowest BCUT2D eigenvalue weighted by atomic mass is 9.71. The largest absolute Gasteiger partial charge is 0.501 e. The Balaban J connectivity index is 0.608. The lowest BCUT2D eigenvalue weighted by Gasteiger charge is -2.42. The van der Waals surface area contributed by atoms with Gasteiger partial charge in [-0.2, -0.15) is 13.2 Å². The number of sulfonamides is 1. The molecule has 5 aliphatic rings. The molecule has 0 spiro atoms. The molecule has 11 rings (SSSR count). The van der Waals surface area contributed by atoms with E-state index >= 15 is 0 Å². The number of halogens is 4. The van der Waals surface area contributed by atoms with Gasteiger partial charge in [-0.15, -0.1) is 23.1 Å². The predicted molar refractivity (Wildman–Crippen MR) is 446 cm³/mol. The van der Waals surface area contributed by atoms with E-state index in [0.29, 0.717) is 108 Å². The standard InChI is InChI=1S/C84H110ClF3N12O11S4/c1-58(60-18-20-62(21-19-60)77-59(2)89-57-113-77)90-80(105)73-50-68(101)54-100(73)81(106)78(82(3,4)5)92-75(102)16-12-9-13-17-76(103)99-44-38-96(39-45-99)37-36-94(7)56-83(6)34-32-71(61-22-26-65(85)27-23-61)64(52-83)53-97-40-42-98(43-41-97)67-28-24-63(25-29-67)79(104)93-115(109,110)70-30-31-72(74(51-70)114(107,108)84(86,87)88)91-66(33-35-95-46-48-111-49-47-95)55-112-69-14-10-8-11-15-69/h8,10-11,14-15,18-31,51,57-58,66,68,73,78,91,101H,9,12-13,16-17,32-50,52-56H2,1-7H3,(H,90,105)(H,92,102)(H,93,104)/t58-,66+,68+,73-,78+,83?/m0/s1. The Labute approximate surface area is 688 Å². The smallest absolute Gasteiger partial charge is 0.391 e. The fourth-order valence-corrected chi connectivity index (χ4v) is 19.9.